The Morgan fingerprint density at radius 1 is 1.47 bits per heavy atom. The highest BCUT2D eigenvalue weighted by Gasteiger charge is 1.95. The van der Waals surface area contributed by atoms with Crippen LogP contribution in [0.2, 0.25) is 0 Å². The topological polar surface area (TPSA) is 71.8 Å². The highest BCUT2D eigenvalue weighted by molar-refractivity contribution is 5.95. The third kappa shape index (κ3) is 4.81. The zero-order chi connectivity index (χ0) is 14.6. The molecule has 1 unspecified atom stereocenters. The fraction of sp³-hybridized carbons (Fsp3) is 0.273. The van der Waals surface area contributed by atoms with Crippen molar-refractivity contribution in [3.05, 3.63) is 35.9 Å². The second-order valence-corrected chi connectivity index (χ2v) is 2.87. The monoisotopic (exact) mass is 208 g/mol. The standard InChI is InChI=1S/C11H16N4/c1-9(12)15-11(13)14-8-7-10-5-3-2-4-6-10/h2-6H,7-8H2,1H3,(H4,12,13,14,15)/i2D,7D,8D2. The summed E-state index contributed by atoms with van der Waals surface area (Å²) >= 11 is 0. The van der Waals surface area contributed by atoms with Gasteiger partial charge in [-0.15, -0.1) is 0 Å². The van der Waals surface area contributed by atoms with Crippen molar-refractivity contribution in [3.8, 4) is 0 Å². The van der Waals surface area contributed by atoms with Gasteiger partial charge in [-0.3, -0.25) is 10.8 Å². The zero-order valence-corrected chi connectivity index (χ0v) is 8.39. The molecule has 1 rings (SSSR count). The van der Waals surface area contributed by atoms with Crippen molar-refractivity contribution in [3.63, 3.8) is 0 Å². The number of hydrogen-bond donors (Lipinski definition) is 4. The zero-order valence-electron chi connectivity index (χ0n) is 12.4. The minimum Gasteiger partial charge on any atom is -0.356 e. The molecule has 0 amide bonds. The van der Waals surface area contributed by atoms with E-state index in [4.69, 9.17) is 16.3 Å². The quantitative estimate of drug-likeness (QED) is 0.447. The predicted octanol–water partition coefficient (Wildman–Crippen LogP) is 1.34. The second kappa shape index (κ2) is 5.80. The fourth-order valence-corrected chi connectivity index (χ4v) is 0.906. The average molecular weight is 208 g/mol. The van der Waals surface area contributed by atoms with Crippen LogP contribution in [-0.4, -0.2) is 18.3 Å². The molecule has 0 bridgehead atoms. The van der Waals surface area contributed by atoms with Crippen LogP contribution >= 0.6 is 0 Å². The van der Waals surface area contributed by atoms with E-state index in [1.54, 1.807) is 0 Å². The smallest absolute Gasteiger partial charge is 0.193 e. The number of benzene rings is 1. The maximum atomic E-state index is 7.89. The van der Waals surface area contributed by atoms with Crippen LogP contribution in [0.25, 0.3) is 0 Å². The number of nitrogens with one attached hydrogen (secondary N) is 4. The van der Waals surface area contributed by atoms with Gasteiger partial charge in [0.2, 0.25) is 0 Å². The largest absolute Gasteiger partial charge is 0.356 e. The van der Waals surface area contributed by atoms with Crippen molar-refractivity contribution < 1.29 is 5.48 Å². The first kappa shape index (κ1) is 6.61. The van der Waals surface area contributed by atoms with Gasteiger partial charge in [-0.1, -0.05) is 30.3 Å². The number of hydrogen-bond acceptors (Lipinski definition) is 2. The highest BCUT2D eigenvalue weighted by Crippen LogP contribution is 1.97. The summed E-state index contributed by atoms with van der Waals surface area (Å²) in [5.41, 5.74) is 0.410. The van der Waals surface area contributed by atoms with Crippen LogP contribution in [-0.2, 0) is 6.40 Å². The third-order valence-corrected chi connectivity index (χ3v) is 1.49. The maximum absolute atomic E-state index is 7.89. The van der Waals surface area contributed by atoms with Crippen molar-refractivity contribution in [1.82, 2.24) is 10.6 Å². The molecule has 80 valence electrons. The molecule has 4 heteroatoms. The Bertz CT molecular complexity index is 472. The number of aryl methyl sites for hydroxylation is 1. The predicted molar refractivity (Wildman–Crippen MR) is 62.4 cm³/mol. The van der Waals surface area contributed by atoms with Gasteiger partial charge in [0.1, 0.15) is 0 Å². The summed E-state index contributed by atoms with van der Waals surface area (Å²) in [6.45, 7) is -0.736. The van der Waals surface area contributed by atoms with Crippen LogP contribution in [0.15, 0.2) is 30.3 Å². The lowest BCUT2D eigenvalue weighted by Gasteiger charge is -2.08. The Kier molecular flexibility index (Phi) is 2.55. The lowest BCUT2D eigenvalue weighted by Crippen LogP contribution is -2.39. The van der Waals surface area contributed by atoms with Crippen LogP contribution in [0.4, 0.5) is 0 Å². The molecule has 0 aliphatic rings. The van der Waals surface area contributed by atoms with Gasteiger partial charge in [0.05, 0.1) is 7.21 Å². The summed E-state index contributed by atoms with van der Waals surface area (Å²) in [5, 5.41) is 19.1. The van der Waals surface area contributed by atoms with E-state index in [0.717, 1.165) is 0 Å². The SMILES string of the molecule is [2H]c1ccc(C([2H])C([2H])([2H])NC(=N)NC(C)=N)cc1. The van der Waals surface area contributed by atoms with E-state index < -0.39 is 12.9 Å². The Morgan fingerprint density at radius 2 is 2.13 bits per heavy atom. The summed E-state index contributed by atoms with van der Waals surface area (Å²) in [7, 11) is 0. The molecule has 0 spiro atoms. The molecule has 0 fully saturated rings. The van der Waals surface area contributed by atoms with E-state index in [1.807, 2.05) is 0 Å². The Labute approximate surface area is 95.3 Å². The lowest BCUT2D eigenvalue weighted by molar-refractivity contribution is 0.842. The fourth-order valence-electron chi connectivity index (χ4n) is 0.906. The summed E-state index contributed by atoms with van der Waals surface area (Å²) in [4.78, 5) is 0. The summed E-state index contributed by atoms with van der Waals surface area (Å²) < 4.78 is 30.8. The molecular formula is C11H16N4. The molecule has 0 aromatic heterocycles. The van der Waals surface area contributed by atoms with Gasteiger partial charge in [-0.05, 0) is 18.9 Å². The van der Waals surface area contributed by atoms with Gasteiger partial charge < -0.3 is 10.6 Å². The van der Waals surface area contributed by atoms with Crippen molar-refractivity contribution in [2.45, 2.75) is 13.3 Å². The Hall–Kier alpha value is -1.84. The molecule has 4 nitrogen and oxygen atoms in total. The first-order valence-corrected chi connectivity index (χ1v) is 4.40. The van der Waals surface area contributed by atoms with Crippen LogP contribution in [0.3, 0.4) is 0 Å². The first-order chi connectivity index (χ1) is 8.72. The van der Waals surface area contributed by atoms with Gasteiger partial charge >= 0.3 is 0 Å². The molecule has 0 heterocycles. The van der Waals surface area contributed by atoms with Crippen LogP contribution in [0, 0.1) is 10.8 Å². The van der Waals surface area contributed by atoms with Crippen molar-refractivity contribution >= 4 is 11.8 Å². The molecule has 1 aromatic rings. The third-order valence-electron chi connectivity index (χ3n) is 1.49. The molecular weight excluding hydrogens is 188 g/mol. The summed E-state index contributed by atoms with van der Waals surface area (Å²) in [5.74, 6) is -0.361. The van der Waals surface area contributed by atoms with Crippen LogP contribution < -0.4 is 10.6 Å². The summed E-state index contributed by atoms with van der Waals surface area (Å²) in [6, 6.07) is 6.28. The molecule has 1 aromatic carbocycles. The minimum atomic E-state index is -2.16. The van der Waals surface area contributed by atoms with E-state index >= 15 is 0 Å². The first-order valence-electron chi connectivity index (χ1n) is 6.48. The Balaban J connectivity index is 2.78. The Morgan fingerprint density at radius 3 is 2.73 bits per heavy atom. The molecule has 0 radical (unpaired) electrons. The normalized spacial score (nSPS) is 16.3. The molecule has 1 atom stereocenters. The van der Waals surface area contributed by atoms with Crippen LogP contribution in [0.1, 0.15) is 18.0 Å². The molecule has 0 saturated carbocycles. The summed E-state index contributed by atoms with van der Waals surface area (Å²) in [6.07, 6.45) is -1.25. The lowest BCUT2D eigenvalue weighted by atomic mass is 10.1. The number of rotatable bonds is 3. The molecule has 0 aliphatic heterocycles. The van der Waals surface area contributed by atoms with Crippen molar-refractivity contribution in [2.24, 2.45) is 0 Å². The highest BCUT2D eigenvalue weighted by atomic mass is 15.1. The van der Waals surface area contributed by atoms with E-state index in [9.17, 15) is 0 Å². The molecule has 15 heavy (non-hydrogen) atoms. The van der Waals surface area contributed by atoms with Gasteiger partial charge in [-0.25, -0.2) is 0 Å². The van der Waals surface area contributed by atoms with E-state index in [1.165, 1.54) is 31.2 Å². The number of guanidine groups is 1. The van der Waals surface area contributed by atoms with Gasteiger partial charge in [0.15, 0.2) is 5.96 Å². The van der Waals surface area contributed by atoms with Gasteiger partial charge in [-0.2, -0.15) is 0 Å². The van der Waals surface area contributed by atoms with Crippen molar-refractivity contribution in [2.75, 3.05) is 6.50 Å². The molecule has 4 N–H and O–H groups in total. The maximum Gasteiger partial charge on any atom is 0.193 e. The van der Waals surface area contributed by atoms with Crippen molar-refractivity contribution in [1.29, 1.82) is 10.8 Å². The molecule has 0 saturated heterocycles. The molecule has 0 aliphatic carbocycles. The number of amidine groups is 1. The minimum absolute atomic E-state index is 0.00777. The van der Waals surface area contributed by atoms with E-state index in [2.05, 4.69) is 10.6 Å². The second-order valence-electron chi connectivity index (χ2n) is 2.87. The van der Waals surface area contributed by atoms with E-state index in [0.29, 0.717) is 11.6 Å². The van der Waals surface area contributed by atoms with E-state index in [-0.39, 0.29) is 11.8 Å². The van der Waals surface area contributed by atoms with Gasteiger partial charge in [0, 0.05) is 10.6 Å². The van der Waals surface area contributed by atoms with Gasteiger partial charge in [0.25, 0.3) is 0 Å². The van der Waals surface area contributed by atoms with Crippen LogP contribution in [0.5, 0.6) is 0 Å². The average Bonchev–Trinajstić information content (AvgIpc) is 2.27.